The Hall–Kier alpha value is -2.10. The van der Waals surface area contributed by atoms with Crippen LogP contribution in [0.15, 0.2) is 41.6 Å². The summed E-state index contributed by atoms with van der Waals surface area (Å²) in [6.07, 6.45) is 1.02. The number of benzene rings is 1. The van der Waals surface area contributed by atoms with Gasteiger partial charge in [-0.3, -0.25) is 9.59 Å². The van der Waals surface area contributed by atoms with Gasteiger partial charge in [0.15, 0.2) is 5.78 Å². The smallest absolute Gasteiger partial charge is 0.257 e. The van der Waals surface area contributed by atoms with E-state index in [4.69, 9.17) is 0 Å². The van der Waals surface area contributed by atoms with Crippen LogP contribution in [0.25, 0.3) is 0 Å². The number of carbonyl (C=O) groups is 2. The van der Waals surface area contributed by atoms with Crippen molar-refractivity contribution in [1.82, 2.24) is 10.2 Å². The summed E-state index contributed by atoms with van der Waals surface area (Å²) in [6, 6.07) is 10.1. The van der Waals surface area contributed by atoms with Crippen molar-refractivity contribution >= 4 is 11.7 Å². The number of rotatable bonds is 3. The molecule has 21 heavy (non-hydrogen) atoms. The summed E-state index contributed by atoms with van der Waals surface area (Å²) in [7, 11) is 0. The van der Waals surface area contributed by atoms with Crippen LogP contribution in [0.3, 0.4) is 0 Å². The van der Waals surface area contributed by atoms with E-state index < -0.39 is 0 Å². The van der Waals surface area contributed by atoms with Gasteiger partial charge in [0.25, 0.3) is 5.91 Å². The first kappa shape index (κ1) is 13.9. The number of hydrogen-bond donors (Lipinski definition) is 1. The van der Waals surface area contributed by atoms with Crippen molar-refractivity contribution in [3.63, 3.8) is 0 Å². The highest BCUT2D eigenvalue weighted by Gasteiger charge is 2.42. The molecule has 0 unspecified atom stereocenters. The maximum Gasteiger partial charge on any atom is 0.257 e. The van der Waals surface area contributed by atoms with E-state index in [0.29, 0.717) is 11.5 Å². The molecule has 1 N–H and O–H groups in total. The largest absolute Gasteiger partial charge is 0.368 e. The van der Waals surface area contributed by atoms with Gasteiger partial charge in [-0.15, -0.1) is 0 Å². The van der Waals surface area contributed by atoms with Crippen LogP contribution < -0.4 is 5.32 Å². The van der Waals surface area contributed by atoms with Crippen LogP contribution in [-0.4, -0.2) is 29.2 Å². The number of nitrogens with one attached hydrogen (secondary N) is 1. The molecular formula is C17H20N2O2. The van der Waals surface area contributed by atoms with Gasteiger partial charge < -0.3 is 10.2 Å². The lowest BCUT2D eigenvalue weighted by Crippen LogP contribution is -2.45. The minimum atomic E-state index is -0.214. The number of fused-ring (bicyclic) bond motifs is 1. The molecule has 2 aliphatic heterocycles. The second kappa shape index (κ2) is 5.35. The summed E-state index contributed by atoms with van der Waals surface area (Å²) in [5.41, 5.74) is 2.44. The summed E-state index contributed by atoms with van der Waals surface area (Å²) in [5.74, 6) is 0.0132. The highest BCUT2D eigenvalue weighted by atomic mass is 16.2. The lowest BCUT2D eigenvalue weighted by molar-refractivity contribution is -0.121. The van der Waals surface area contributed by atoms with Crippen LogP contribution in [0.4, 0.5) is 0 Å². The third-order valence-corrected chi connectivity index (χ3v) is 4.40. The predicted molar refractivity (Wildman–Crippen MR) is 80.3 cm³/mol. The number of Topliss-reactive ketones (excluding diaryl/α,β-unsaturated/α-hetero) is 1. The standard InChI is InChI=1S/C17H20N2O2/c1-11-8-9-19(10-13-6-4-3-5-7-13)16-14(12(2)20)17(21)18-15(11)16/h3-7,11,15H,8-10H2,1-2H3,(H,18,21)/t11-,15-/m0/s1. The van der Waals surface area contributed by atoms with Gasteiger partial charge in [0.05, 0.1) is 11.7 Å². The molecular weight excluding hydrogens is 264 g/mol. The van der Waals surface area contributed by atoms with Crippen molar-refractivity contribution in [1.29, 1.82) is 0 Å². The molecule has 4 heteroatoms. The molecule has 0 aliphatic carbocycles. The van der Waals surface area contributed by atoms with E-state index in [-0.39, 0.29) is 17.7 Å². The zero-order valence-electron chi connectivity index (χ0n) is 12.4. The Bertz CT molecular complexity index is 606. The van der Waals surface area contributed by atoms with E-state index in [0.717, 1.165) is 25.2 Å². The number of likely N-dealkylation sites (tertiary alicyclic amines) is 1. The molecule has 0 saturated carbocycles. The van der Waals surface area contributed by atoms with E-state index >= 15 is 0 Å². The first-order valence-electron chi connectivity index (χ1n) is 7.42. The molecule has 3 rings (SSSR count). The first-order valence-corrected chi connectivity index (χ1v) is 7.42. The fourth-order valence-corrected chi connectivity index (χ4v) is 3.28. The number of piperidine rings is 1. The van der Waals surface area contributed by atoms with Gasteiger partial charge in [-0.25, -0.2) is 0 Å². The zero-order chi connectivity index (χ0) is 15.0. The molecule has 110 valence electrons. The van der Waals surface area contributed by atoms with Gasteiger partial charge in [0.1, 0.15) is 5.57 Å². The summed E-state index contributed by atoms with van der Waals surface area (Å²) < 4.78 is 0. The molecule has 1 saturated heterocycles. The van der Waals surface area contributed by atoms with Gasteiger partial charge in [-0.2, -0.15) is 0 Å². The van der Waals surface area contributed by atoms with Crippen LogP contribution >= 0.6 is 0 Å². The van der Waals surface area contributed by atoms with Gasteiger partial charge >= 0.3 is 0 Å². The van der Waals surface area contributed by atoms with Crippen LogP contribution in [0.1, 0.15) is 25.8 Å². The Kier molecular flexibility index (Phi) is 3.53. The third kappa shape index (κ3) is 2.46. The van der Waals surface area contributed by atoms with E-state index in [9.17, 15) is 9.59 Å². The molecule has 1 amide bonds. The maximum atomic E-state index is 12.1. The Morgan fingerprint density at radius 1 is 1.33 bits per heavy atom. The van der Waals surface area contributed by atoms with E-state index in [1.807, 2.05) is 18.2 Å². The Morgan fingerprint density at radius 2 is 2.05 bits per heavy atom. The third-order valence-electron chi connectivity index (χ3n) is 4.40. The fourth-order valence-electron chi connectivity index (χ4n) is 3.28. The highest BCUT2D eigenvalue weighted by molar-refractivity contribution is 6.20. The summed E-state index contributed by atoms with van der Waals surface area (Å²) >= 11 is 0. The van der Waals surface area contributed by atoms with Gasteiger partial charge in [0, 0.05) is 13.1 Å². The minimum absolute atomic E-state index is 0.0196. The number of ketones is 1. The molecule has 0 aromatic heterocycles. The molecule has 0 radical (unpaired) electrons. The number of nitrogens with zero attached hydrogens (tertiary/aromatic N) is 1. The molecule has 2 aliphatic rings. The molecule has 1 aromatic carbocycles. The van der Waals surface area contributed by atoms with Crippen molar-refractivity contribution < 1.29 is 9.59 Å². The number of carbonyl (C=O) groups excluding carboxylic acids is 2. The van der Waals surface area contributed by atoms with Gasteiger partial charge in [0.2, 0.25) is 0 Å². The summed E-state index contributed by atoms with van der Waals surface area (Å²) in [4.78, 5) is 26.2. The van der Waals surface area contributed by atoms with E-state index in [2.05, 4.69) is 29.3 Å². The summed E-state index contributed by atoms with van der Waals surface area (Å²) in [6.45, 7) is 5.23. The fraction of sp³-hybridized carbons (Fsp3) is 0.412. The average molecular weight is 284 g/mol. The van der Waals surface area contributed by atoms with Crippen LogP contribution in [0.2, 0.25) is 0 Å². The highest BCUT2D eigenvalue weighted by Crippen LogP contribution is 2.34. The molecule has 4 nitrogen and oxygen atoms in total. The predicted octanol–water partition coefficient (Wildman–Crippen LogP) is 1.87. The van der Waals surface area contributed by atoms with Crippen LogP contribution in [0.5, 0.6) is 0 Å². The lowest BCUT2D eigenvalue weighted by Gasteiger charge is -2.38. The van der Waals surface area contributed by atoms with Crippen molar-refractivity contribution in [2.24, 2.45) is 5.92 Å². The first-order chi connectivity index (χ1) is 10.1. The Morgan fingerprint density at radius 3 is 2.71 bits per heavy atom. The zero-order valence-corrected chi connectivity index (χ0v) is 12.4. The molecule has 1 aromatic rings. The second-order valence-corrected chi connectivity index (χ2v) is 5.94. The van der Waals surface area contributed by atoms with Crippen LogP contribution in [0, 0.1) is 5.92 Å². The van der Waals surface area contributed by atoms with Crippen molar-refractivity contribution in [3.05, 3.63) is 47.2 Å². The Balaban J connectivity index is 1.96. The Labute approximate surface area is 124 Å². The van der Waals surface area contributed by atoms with E-state index in [1.54, 1.807) is 0 Å². The second-order valence-electron chi connectivity index (χ2n) is 5.94. The summed E-state index contributed by atoms with van der Waals surface area (Å²) in [5, 5.41) is 2.98. The number of amides is 1. The van der Waals surface area contributed by atoms with Crippen LogP contribution in [-0.2, 0) is 16.1 Å². The SMILES string of the molecule is CC(=O)C1=C2[C@@H](NC1=O)[C@@H](C)CCN2Cc1ccccc1. The quantitative estimate of drug-likeness (QED) is 0.862. The monoisotopic (exact) mass is 284 g/mol. The van der Waals surface area contributed by atoms with E-state index in [1.165, 1.54) is 12.5 Å². The molecule has 0 spiro atoms. The lowest BCUT2D eigenvalue weighted by atomic mass is 9.89. The van der Waals surface area contributed by atoms with Crippen molar-refractivity contribution in [3.8, 4) is 0 Å². The topological polar surface area (TPSA) is 49.4 Å². The normalized spacial score (nSPS) is 24.9. The molecule has 0 bridgehead atoms. The average Bonchev–Trinajstić information content (AvgIpc) is 2.81. The van der Waals surface area contributed by atoms with Crippen molar-refractivity contribution in [2.75, 3.05) is 6.54 Å². The van der Waals surface area contributed by atoms with Crippen molar-refractivity contribution in [2.45, 2.75) is 32.9 Å². The van der Waals surface area contributed by atoms with Gasteiger partial charge in [-0.05, 0) is 24.8 Å². The minimum Gasteiger partial charge on any atom is -0.368 e. The molecule has 1 fully saturated rings. The molecule has 2 atom stereocenters. The molecule has 2 heterocycles. The van der Waals surface area contributed by atoms with Gasteiger partial charge in [-0.1, -0.05) is 37.3 Å². The number of hydrogen-bond acceptors (Lipinski definition) is 3. The maximum absolute atomic E-state index is 12.1.